The molecular weight excluding hydrogens is 280 g/mol. The number of aromatic nitrogens is 3. The van der Waals surface area contributed by atoms with Gasteiger partial charge < -0.3 is 9.88 Å². The smallest absolute Gasteiger partial charge is 0.116 e. The summed E-state index contributed by atoms with van der Waals surface area (Å²) in [5.74, 6) is 0. The lowest BCUT2D eigenvalue weighted by atomic mass is 9.93. The lowest BCUT2D eigenvalue weighted by Gasteiger charge is -2.20. The molecular formula is C16H26N4S. The minimum absolute atomic E-state index is 0.0871. The summed E-state index contributed by atoms with van der Waals surface area (Å²) in [4.78, 5) is 9.20. The molecule has 2 aromatic rings. The summed E-state index contributed by atoms with van der Waals surface area (Å²) in [6.07, 6.45) is 3.86. The second-order valence-electron chi connectivity index (χ2n) is 6.63. The fraction of sp³-hybridized carbons (Fsp3) is 0.625. The molecule has 1 N–H and O–H groups in total. The minimum Gasteiger partial charge on any atom is -0.330 e. The second-order valence-corrected chi connectivity index (χ2v) is 7.52. The highest BCUT2D eigenvalue weighted by Gasteiger charge is 2.24. The van der Waals surface area contributed by atoms with Crippen molar-refractivity contribution in [2.45, 2.75) is 59.0 Å². The van der Waals surface area contributed by atoms with Gasteiger partial charge in [0.2, 0.25) is 0 Å². The van der Waals surface area contributed by atoms with Gasteiger partial charge in [-0.25, -0.2) is 9.97 Å². The van der Waals surface area contributed by atoms with E-state index in [2.05, 4.69) is 61.8 Å². The summed E-state index contributed by atoms with van der Waals surface area (Å²) in [5, 5.41) is 6.84. The monoisotopic (exact) mass is 306 g/mol. The lowest BCUT2D eigenvalue weighted by Crippen LogP contribution is -2.25. The van der Waals surface area contributed by atoms with E-state index in [0.29, 0.717) is 6.04 Å². The highest BCUT2D eigenvalue weighted by molar-refractivity contribution is 7.09. The van der Waals surface area contributed by atoms with Crippen molar-refractivity contribution in [3.05, 3.63) is 34.3 Å². The quantitative estimate of drug-likeness (QED) is 0.910. The summed E-state index contributed by atoms with van der Waals surface area (Å²) in [7, 11) is 0. The van der Waals surface area contributed by atoms with E-state index in [1.165, 1.54) is 5.69 Å². The average Bonchev–Trinajstić information content (AvgIpc) is 3.04. The summed E-state index contributed by atoms with van der Waals surface area (Å²) >= 11 is 1.73. The molecule has 0 aliphatic carbocycles. The highest BCUT2D eigenvalue weighted by atomic mass is 32.1. The number of imidazole rings is 1. The van der Waals surface area contributed by atoms with Crippen LogP contribution in [0, 0.1) is 0 Å². The molecule has 1 unspecified atom stereocenters. The van der Waals surface area contributed by atoms with Gasteiger partial charge in [0.05, 0.1) is 23.9 Å². The summed E-state index contributed by atoms with van der Waals surface area (Å²) in [6, 6.07) is 0.506. The molecule has 0 aliphatic rings. The van der Waals surface area contributed by atoms with Gasteiger partial charge in [-0.15, -0.1) is 11.3 Å². The molecule has 0 aromatic carbocycles. The van der Waals surface area contributed by atoms with Gasteiger partial charge in [0.1, 0.15) is 11.0 Å². The second kappa shape index (κ2) is 6.28. The standard InChI is InChI=1S/C16H26N4S/c1-7-18-14(12-8-17-10-20(12)11(2)3)15-19-13(9-21-15)16(4,5)6/h8-11,14,18H,7H2,1-6H3. The predicted octanol–water partition coefficient (Wildman–Crippen LogP) is 3.92. The molecule has 2 rings (SSSR count). The molecule has 116 valence electrons. The Balaban J connectivity index is 2.39. The van der Waals surface area contributed by atoms with Gasteiger partial charge in [0.15, 0.2) is 0 Å². The lowest BCUT2D eigenvalue weighted by molar-refractivity contribution is 0.516. The van der Waals surface area contributed by atoms with E-state index < -0.39 is 0 Å². The largest absolute Gasteiger partial charge is 0.330 e. The van der Waals surface area contributed by atoms with Crippen LogP contribution in [-0.4, -0.2) is 21.1 Å². The zero-order chi connectivity index (χ0) is 15.6. The van der Waals surface area contributed by atoms with Crippen molar-refractivity contribution in [1.29, 1.82) is 0 Å². The van der Waals surface area contributed by atoms with Crippen LogP contribution in [0.15, 0.2) is 17.9 Å². The first-order valence-electron chi connectivity index (χ1n) is 7.55. The number of hydrogen-bond donors (Lipinski definition) is 1. The molecule has 2 aromatic heterocycles. The Morgan fingerprint density at radius 3 is 2.57 bits per heavy atom. The molecule has 0 fully saturated rings. The van der Waals surface area contributed by atoms with Crippen molar-refractivity contribution in [2.75, 3.05) is 6.54 Å². The van der Waals surface area contributed by atoms with Crippen molar-refractivity contribution < 1.29 is 0 Å². The van der Waals surface area contributed by atoms with Gasteiger partial charge in [-0.3, -0.25) is 0 Å². The van der Waals surface area contributed by atoms with Gasteiger partial charge >= 0.3 is 0 Å². The van der Waals surface area contributed by atoms with Crippen molar-refractivity contribution in [1.82, 2.24) is 19.9 Å². The van der Waals surface area contributed by atoms with E-state index in [4.69, 9.17) is 4.98 Å². The van der Waals surface area contributed by atoms with Crippen LogP contribution in [0.5, 0.6) is 0 Å². The van der Waals surface area contributed by atoms with Crippen LogP contribution in [0.1, 0.15) is 70.0 Å². The Labute approximate surface area is 131 Å². The summed E-state index contributed by atoms with van der Waals surface area (Å²) in [6.45, 7) is 14.0. The van der Waals surface area contributed by atoms with E-state index in [1.807, 2.05) is 12.5 Å². The third-order valence-corrected chi connectivity index (χ3v) is 4.40. The number of nitrogens with zero attached hydrogens (tertiary/aromatic N) is 3. The van der Waals surface area contributed by atoms with Gasteiger partial charge in [-0.1, -0.05) is 27.7 Å². The Hall–Kier alpha value is -1.20. The average molecular weight is 306 g/mol. The molecule has 2 heterocycles. The molecule has 21 heavy (non-hydrogen) atoms. The zero-order valence-electron chi connectivity index (χ0n) is 13.8. The van der Waals surface area contributed by atoms with Crippen molar-refractivity contribution >= 4 is 11.3 Å². The summed E-state index contributed by atoms with van der Waals surface area (Å²) in [5.41, 5.74) is 2.42. The van der Waals surface area contributed by atoms with Gasteiger partial charge in [0.25, 0.3) is 0 Å². The number of nitrogens with one attached hydrogen (secondary N) is 1. The topological polar surface area (TPSA) is 42.7 Å². The van der Waals surface area contributed by atoms with Crippen LogP contribution in [-0.2, 0) is 5.41 Å². The van der Waals surface area contributed by atoms with Gasteiger partial charge in [-0.05, 0) is 20.4 Å². The number of thiazole rings is 1. The fourth-order valence-electron chi connectivity index (χ4n) is 2.26. The Kier molecular flexibility index (Phi) is 4.84. The van der Waals surface area contributed by atoms with Crippen molar-refractivity contribution in [3.63, 3.8) is 0 Å². The Morgan fingerprint density at radius 2 is 2.05 bits per heavy atom. The third kappa shape index (κ3) is 3.52. The van der Waals surface area contributed by atoms with Crippen LogP contribution < -0.4 is 5.32 Å². The van der Waals surface area contributed by atoms with E-state index in [0.717, 1.165) is 17.2 Å². The van der Waals surface area contributed by atoms with Crippen LogP contribution in [0.2, 0.25) is 0 Å². The van der Waals surface area contributed by atoms with Gasteiger partial charge in [-0.2, -0.15) is 0 Å². The van der Waals surface area contributed by atoms with E-state index in [1.54, 1.807) is 11.3 Å². The first-order chi connectivity index (χ1) is 9.84. The molecule has 0 saturated carbocycles. The predicted molar refractivity (Wildman–Crippen MR) is 88.9 cm³/mol. The molecule has 0 amide bonds. The fourth-order valence-corrected chi connectivity index (χ4v) is 3.39. The first-order valence-corrected chi connectivity index (χ1v) is 8.43. The van der Waals surface area contributed by atoms with Gasteiger partial charge in [0, 0.05) is 16.8 Å². The van der Waals surface area contributed by atoms with E-state index >= 15 is 0 Å². The summed E-state index contributed by atoms with van der Waals surface area (Å²) < 4.78 is 2.21. The maximum atomic E-state index is 4.87. The molecule has 0 bridgehead atoms. The maximum Gasteiger partial charge on any atom is 0.116 e. The minimum atomic E-state index is 0.0871. The molecule has 4 nitrogen and oxygen atoms in total. The van der Waals surface area contributed by atoms with Crippen molar-refractivity contribution in [2.24, 2.45) is 0 Å². The Morgan fingerprint density at radius 1 is 1.33 bits per heavy atom. The molecule has 1 atom stereocenters. The third-order valence-electron chi connectivity index (χ3n) is 3.49. The van der Waals surface area contributed by atoms with E-state index in [9.17, 15) is 0 Å². The zero-order valence-corrected chi connectivity index (χ0v) is 14.7. The van der Waals surface area contributed by atoms with Crippen LogP contribution in [0.4, 0.5) is 0 Å². The normalized spacial score (nSPS) is 13.9. The Bertz CT molecular complexity index is 577. The molecule has 0 spiro atoms. The van der Waals surface area contributed by atoms with E-state index in [-0.39, 0.29) is 11.5 Å². The molecule has 0 saturated heterocycles. The molecule has 0 radical (unpaired) electrons. The van der Waals surface area contributed by atoms with Crippen molar-refractivity contribution in [3.8, 4) is 0 Å². The molecule has 0 aliphatic heterocycles. The van der Waals surface area contributed by atoms with Crippen LogP contribution >= 0.6 is 11.3 Å². The number of rotatable bonds is 5. The molecule has 5 heteroatoms. The number of hydrogen-bond acceptors (Lipinski definition) is 4. The maximum absolute atomic E-state index is 4.87. The SMILES string of the molecule is CCNC(c1nc(C(C)(C)C)cs1)c1cncn1C(C)C. The first kappa shape index (κ1) is 16.2. The van der Waals surface area contributed by atoms with Crippen LogP contribution in [0.3, 0.4) is 0 Å². The highest BCUT2D eigenvalue weighted by Crippen LogP contribution is 2.30. The van der Waals surface area contributed by atoms with Crippen LogP contribution in [0.25, 0.3) is 0 Å².